The maximum Gasteiger partial charge on any atom is 0.220 e. The molecular weight excluding hydrogens is 256 g/mol. The first-order chi connectivity index (χ1) is 9.01. The van der Waals surface area contributed by atoms with Crippen LogP contribution in [-0.4, -0.2) is 18.5 Å². The monoisotopic (exact) mass is 282 g/mol. The highest BCUT2D eigenvalue weighted by Crippen LogP contribution is 2.15. The molecule has 0 saturated carbocycles. The smallest absolute Gasteiger partial charge is 0.220 e. The number of nitrogens with one attached hydrogen (secondary N) is 1. The number of rotatable bonds is 8. The topological polar surface area (TPSA) is 55.1 Å². The molecule has 2 atom stereocenters. The Morgan fingerprint density at radius 2 is 2.16 bits per heavy atom. The van der Waals surface area contributed by atoms with Crippen LogP contribution in [0.5, 0.6) is 0 Å². The van der Waals surface area contributed by atoms with E-state index >= 15 is 0 Å². The number of carbonyl (C=O) groups is 1. The molecule has 3 N–H and O–H groups in total. The molecule has 0 aliphatic rings. The van der Waals surface area contributed by atoms with Crippen molar-refractivity contribution in [2.75, 3.05) is 6.54 Å². The minimum Gasteiger partial charge on any atom is -0.353 e. The standard InChI is InChI=1S/C15H26N2OS/c1-11(2)7-13(10-16)9-15(18)17-12(3)8-14-5-4-6-19-14/h4-6,11-13H,7-10,16H2,1-3H3,(H,17,18)/t12?,13-/m0/s1. The van der Waals surface area contributed by atoms with Crippen LogP contribution in [0, 0.1) is 11.8 Å². The van der Waals surface area contributed by atoms with E-state index in [1.807, 2.05) is 6.07 Å². The second kappa shape index (κ2) is 8.33. The summed E-state index contributed by atoms with van der Waals surface area (Å²) in [6.45, 7) is 6.97. The Morgan fingerprint density at radius 1 is 1.42 bits per heavy atom. The number of nitrogens with two attached hydrogens (primary N) is 1. The zero-order chi connectivity index (χ0) is 14.3. The molecular formula is C15H26N2OS. The van der Waals surface area contributed by atoms with Gasteiger partial charge in [0, 0.05) is 23.8 Å². The van der Waals surface area contributed by atoms with Gasteiger partial charge in [-0.25, -0.2) is 0 Å². The molecule has 1 rings (SSSR count). The average molecular weight is 282 g/mol. The molecule has 0 bridgehead atoms. The van der Waals surface area contributed by atoms with E-state index in [4.69, 9.17) is 5.73 Å². The van der Waals surface area contributed by atoms with Gasteiger partial charge in [0.2, 0.25) is 5.91 Å². The van der Waals surface area contributed by atoms with Crippen molar-refractivity contribution in [3.05, 3.63) is 22.4 Å². The molecule has 1 unspecified atom stereocenters. The van der Waals surface area contributed by atoms with Crippen LogP contribution in [0.4, 0.5) is 0 Å². The van der Waals surface area contributed by atoms with Gasteiger partial charge in [0.15, 0.2) is 0 Å². The van der Waals surface area contributed by atoms with E-state index in [0.717, 1.165) is 12.8 Å². The van der Waals surface area contributed by atoms with E-state index in [-0.39, 0.29) is 11.9 Å². The van der Waals surface area contributed by atoms with Gasteiger partial charge in [-0.3, -0.25) is 4.79 Å². The van der Waals surface area contributed by atoms with Gasteiger partial charge in [-0.2, -0.15) is 0 Å². The third kappa shape index (κ3) is 6.73. The molecule has 4 heteroatoms. The molecule has 19 heavy (non-hydrogen) atoms. The van der Waals surface area contributed by atoms with E-state index < -0.39 is 0 Å². The number of carbonyl (C=O) groups excluding carboxylic acids is 1. The lowest BCUT2D eigenvalue weighted by atomic mass is 9.94. The summed E-state index contributed by atoms with van der Waals surface area (Å²) in [5.41, 5.74) is 5.73. The van der Waals surface area contributed by atoms with E-state index in [0.29, 0.717) is 24.8 Å². The lowest BCUT2D eigenvalue weighted by Gasteiger charge is -2.18. The minimum absolute atomic E-state index is 0.125. The highest BCUT2D eigenvalue weighted by molar-refractivity contribution is 7.09. The molecule has 0 aliphatic carbocycles. The third-order valence-corrected chi connectivity index (χ3v) is 4.01. The lowest BCUT2D eigenvalue weighted by molar-refractivity contribution is -0.122. The van der Waals surface area contributed by atoms with Crippen molar-refractivity contribution in [1.82, 2.24) is 5.32 Å². The summed E-state index contributed by atoms with van der Waals surface area (Å²) in [7, 11) is 0. The average Bonchev–Trinajstić information content (AvgIpc) is 2.79. The Kier molecular flexibility index (Phi) is 7.10. The molecule has 1 heterocycles. The summed E-state index contributed by atoms with van der Waals surface area (Å²) in [6.07, 6.45) is 2.47. The van der Waals surface area contributed by atoms with E-state index in [9.17, 15) is 4.79 Å². The fourth-order valence-corrected chi connectivity index (χ4v) is 3.14. The summed E-state index contributed by atoms with van der Waals surface area (Å²) in [4.78, 5) is 13.3. The molecule has 0 fully saturated rings. The first-order valence-corrected chi connectivity index (χ1v) is 7.91. The molecule has 3 nitrogen and oxygen atoms in total. The Morgan fingerprint density at radius 3 is 2.68 bits per heavy atom. The van der Waals surface area contributed by atoms with Crippen LogP contribution in [0.15, 0.2) is 17.5 Å². The molecule has 1 aromatic heterocycles. The lowest BCUT2D eigenvalue weighted by Crippen LogP contribution is -2.36. The van der Waals surface area contributed by atoms with Gasteiger partial charge in [-0.1, -0.05) is 19.9 Å². The van der Waals surface area contributed by atoms with Gasteiger partial charge in [0.05, 0.1) is 0 Å². The SMILES string of the molecule is CC(C)C[C@H](CN)CC(=O)NC(C)Cc1cccs1. The van der Waals surface area contributed by atoms with E-state index in [2.05, 4.69) is 37.5 Å². The second-order valence-electron chi connectivity index (χ2n) is 5.69. The predicted molar refractivity (Wildman–Crippen MR) is 82.2 cm³/mol. The largest absolute Gasteiger partial charge is 0.353 e. The molecule has 0 radical (unpaired) electrons. The van der Waals surface area contributed by atoms with Crippen LogP contribution >= 0.6 is 11.3 Å². The fourth-order valence-electron chi connectivity index (χ4n) is 2.31. The van der Waals surface area contributed by atoms with Gasteiger partial charge >= 0.3 is 0 Å². The van der Waals surface area contributed by atoms with Crippen molar-refractivity contribution in [3.63, 3.8) is 0 Å². The van der Waals surface area contributed by atoms with Gasteiger partial charge in [-0.05, 0) is 43.2 Å². The highest BCUT2D eigenvalue weighted by atomic mass is 32.1. The maximum atomic E-state index is 12.0. The molecule has 108 valence electrons. The van der Waals surface area contributed by atoms with E-state index in [1.165, 1.54) is 4.88 Å². The van der Waals surface area contributed by atoms with Gasteiger partial charge in [0.1, 0.15) is 0 Å². The second-order valence-corrected chi connectivity index (χ2v) is 6.72. The molecule has 1 amide bonds. The molecule has 0 spiro atoms. The number of amides is 1. The van der Waals surface area contributed by atoms with Crippen molar-refractivity contribution in [1.29, 1.82) is 0 Å². The number of hydrogen-bond acceptors (Lipinski definition) is 3. The van der Waals surface area contributed by atoms with Crippen molar-refractivity contribution in [2.24, 2.45) is 17.6 Å². The van der Waals surface area contributed by atoms with Crippen LogP contribution < -0.4 is 11.1 Å². The van der Waals surface area contributed by atoms with Crippen LogP contribution in [0.25, 0.3) is 0 Å². The molecule has 0 saturated heterocycles. The Labute approximate surface area is 120 Å². The van der Waals surface area contributed by atoms with Gasteiger partial charge in [0.25, 0.3) is 0 Å². The van der Waals surface area contributed by atoms with Gasteiger partial charge < -0.3 is 11.1 Å². The fraction of sp³-hybridized carbons (Fsp3) is 0.667. The van der Waals surface area contributed by atoms with Gasteiger partial charge in [-0.15, -0.1) is 11.3 Å². The summed E-state index contributed by atoms with van der Waals surface area (Å²) in [6, 6.07) is 4.33. The van der Waals surface area contributed by atoms with Crippen LogP contribution in [0.2, 0.25) is 0 Å². The molecule has 0 aromatic carbocycles. The quantitative estimate of drug-likeness (QED) is 0.770. The third-order valence-electron chi connectivity index (χ3n) is 3.11. The zero-order valence-electron chi connectivity index (χ0n) is 12.2. The summed E-state index contributed by atoms with van der Waals surface area (Å²) >= 11 is 1.73. The number of hydrogen-bond donors (Lipinski definition) is 2. The summed E-state index contributed by atoms with van der Waals surface area (Å²) < 4.78 is 0. The Balaban J connectivity index is 2.33. The first-order valence-electron chi connectivity index (χ1n) is 7.03. The summed E-state index contributed by atoms with van der Waals surface area (Å²) in [5, 5.41) is 5.13. The van der Waals surface area contributed by atoms with Crippen LogP contribution in [-0.2, 0) is 11.2 Å². The maximum absolute atomic E-state index is 12.0. The minimum atomic E-state index is 0.125. The van der Waals surface area contributed by atoms with Crippen molar-refractivity contribution >= 4 is 17.2 Å². The predicted octanol–water partition coefficient (Wildman–Crippen LogP) is 2.81. The zero-order valence-corrected chi connectivity index (χ0v) is 13.0. The van der Waals surface area contributed by atoms with Crippen molar-refractivity contribution < 1.29 is 4.79 Å². The summed E-state index contributed by atoms with van der Waals surface area (Å²) in [5.74, 6) is 1.01. The van der Waals surface area contributed by atoms with Crippen molar-refractivity contribution in [3.8, 4) is 0 Å². The molecule has 1 aromatic rings. The number of thiophene rings is 1. The Bertz CT molecular complexity index is 362. The molecule has 0 aliphatic heterocycles. The van der Waals surface area contributed by atoms with Crippen LogP contribution in [0.3, 0.4) is 0 Å². The Hall–Kier alpha value is -0.870. The van der Waals surface area contributed by atoms with Crippen LogP contribution in [0.1, 0.15) is 38.5 Å². The first kappa shape index (κ1) is 16.2. The van der Waals surface area contributed by atoms with Crippen molar-refractivity contribution in [2.45, 2.75) is 46.1 Å². The normalized spacial score (nSPS) is 14.4. The van der Waals surface area contributed by atoms with E-state index in [1.54, 1.807) is 11.3 Å². The highest BCUT2D eigenvalue weighted by Gasteiger charge is 2.15.